The van der Waals surface area contributed by atoms with Gasteiger partial charge < -0.3 is 29.4 Å². The van der Waals surface area contributed by atoms with Crippen LogP contribution in [-0.4, -0.2) is 65.3 Å². The van der Waals surface area contributed by atoms with E-state index >= 15 is 0 Å². The van der Waals surface area contributed by atoms with Gasteiger partial charge in [0.1, 0.15) is 22.7 Å². The number of H-pyrrole nitrogens is 1. The normalized spacial score (nSPS) is 14.1. The minimum absolute atomic E-state index is 0.301. The molecule has 2 N–H and O–H groups in total. The van der Waals surface area contributed by atoms with Crippen molar-refractivity contribution < 1.29 is 24.2 Å². The maximum Gasteiger partial charge on any atom is 0.407 e. The van der Waals surface area contributed by atoms with Gasteiger partial charge in [0.25, 0.3) is 0 Å². The Morgan fingerprint density at radius 2 is 1.93 bits per heavy atom. The molecule has 1 aliphatic rings. The van der Waals surface area contributed by atoms with Gasteiger partial charge in [-0.3, -0.25) is 0 Å². The first kappa shape index (κ1) is 18.6. The van der Waals surface area contributed by atoms with Gasteiger partial charge in [0.2, 0.25) is 0 Å². The molecule has 4 rings (SSSR count). The van der Waals surface area contributed by atoms with Crippen LogP contribution in [0.3, 0.4) is 0 Å². The summed E-state index contributed by atoms with van der Waals surface area (Å²) in [4.78, 5) is 34.1. The fraction of sp³-hybridized carbons (Fsp3) is 0.250. The summed E-state index contributed by atoms with van der Waals surface area (Å²) in [6.45, 7) is 1.94. The minimum atomic E-state index is -0.914. The van der Waals surface area contributed by atoms with E-state index in [9.17, 15) is 9.59 Å². The molecule has 150 valence electrons. The highest BCUT2D eigenvalue weighted by atomic mass is 16.5. The van der Waals surface area contributed by atoms with E-state index in [1.807, 2.05) is 18.2 Å². The summed E-state index contributed by atoms with van der Waals surface area (Å²) >= 11 is 0. The number of carbonyl (C=O) groups excluding carboxylic acids is 1. The molecule has 0 spiro atoms. The molecule has 3 heterocycles. The summed E-state index contributed by atoms with van der Waals surface area (Å²) in [5.74, 6) is 0.347. The number of piperazine rings is 1. The number of benzene rings is 1. The minimum Gasteiger partial charge on any atom is -0.465 e. The molecule has 1 saturated heterocycles. The van der Waals surface area contributed by atoms with E-state index in [0.717, 1.165) is 16.7 Å². The fourth-order valence-electron chi connectivity index (χ4n) is 3.33. The number of anilines is 1. The van der Waals surface area contributed by atoms with Gasteiger partial charge >= 0.3 is 12.1 Å². The van der Waals surface area contributed by atoms with E-state index in [1.165, 1.54) is 12.0 Å². The zero-order valence-corrected chi connectivity index (χ0v) is 15.8. The number of aromatic amines is 1. The molecule has 0 unspecified atom stereocenters. The first-order valence-corrected chi connectivity index (χ1v) is 9.11. The molecule has 2 aromatic heterocycles. The molecule has 0 saturated carbocycles. The molecule has 1 fully saturated rings. The molecule has 3 aromatic rings. The summed E-state index contributed by atoms with van der Waals surface area (Å²) in [7, 11) is 1.32. The van der Waals surface area contributed by atoms with Crippen LogP contribution in [0.15, 0.2) is 42.7 Å². The summed E-state index contributed by atoms with van der Waals surface area (Å²) in [6.07, 6.45) is 2.46. The molecule has 1 aliphatic heterocycles. The van der Waals surface area contributed by atoms with Crippen LogP contribution in [-0.2, 0) is 4.74 Å². The van der Waals surface area contributed by atoms with Crippen LogP contribution in [0.25, 0.3) is 11.0 Å². The van der Waals surface area contributed by atoms with Crippen molar-refractivity contribution in [1.29, 1.82) is 0 Å². The highest BCUT2D eigenvalue weighted by Gasteiger charge is 2.22. The first-order valence-electron chi connectivity index (χ1n) is 9.11. The molecule has 0 aliphatic carbocycles. The van der Waals surface area contributed by atoms with Gasteiger partial charge in [-0.2, -0.15) is 0 Å². The van der Waals surface area contributed by atoms with Crippen LogP contribution in [0.1, 0.15) is 10.4 Å². The number of fused-ring (bicyclic) bond motifs is 1. The van der Waals surface area contributed by atoms with Gasteiger partial charge in [0, 0.05) is 49.5 Å². The Morgan fingerprint density at radius 1 is 1.14 bits per heavy atom. The van der Waals surface area contributed by atoms with E-state index < -0.39 is 12.1 Å². The summed E-state index contributed by atoms with van der Waals surface area (Å²) in [6, 6.07) is 8.95. The quantitative estimate of drug-likeness (QED) is 0.653. The second kappa shape index (κ2) is 7.70. The molecule has 1 aromatic carbocycles. The lowest BCUT2D eigenvalue weighted by Crippen LogP contribution is -2.48. The number of nitrogens with zero attached hydrogens (tertiary/aromatic N) is 3. The van der Waals surface area contributed by atoms with E-state index in [0.29, 0.717) is 43.2 Å². The molecule has 0 radical (unpaired) electrons. The van der Waals surface area contributed by atoms with Gasteiger partial charge in [-0.1, -0.05) is 0 Å². The van der Waals surface area contributed by atoms with Crippen molar-refractivity contribution in [2.24, 2.45) is 0 Å². The third-order valence-corrected chi connectivity index (χ3v) is 4.89. The van der Waals surface area contributed by atoms with E-state index in [1.54, 1.807) is 24.5 Å². The van der Waals surface area contributed by atoms with Gasteiger partial charge in [0.05, 0.1) is 13.3 Å². The number of rotatable bonds is 4. The van der Waals surface area contributed by atoms with E-state index in [-0.39, 0.29) is 0 Å². The number of ether oxygens (including phenoxy) is 2. The third kappa shape index (κ3) is 3.79. The lowest BCUT2D eigenvalue weighted by molar-refractivity contribution is 0.0598. The molecule has 0 bridgehead atoms. The Hall–Kier alpha value is -3.75. The first-order chi connectivity index (χ1) is 14.0. The molecule has 0 atom stereocenters. The second-order valence-electron chi connectivity index (χ2n) is 6.62. The van der Waals surface area contributed by atoms with Crippen LogP contribution in [0, 0.1) is 0 Å². The van der Waals surface area contributed by atoms with E-state index in [2.05, 4.69) is 14.9 Å². The topological polar surface area (TPSA) is 108 Å². The molecular formula is C20H20N4O5. The van der Waals surface area contributed by atoms with Crippen LogP contribution in [0.2, 0.25) is 0 Å². The molecule has 9 nitrogen and oxygen atoms in total. The smallest absolute Gasteiger partial charge is 0.407 e. The number of hydrogen-bond acceptors (Lipinski definition) is 6. The lowest BCUT2D eigenvalue weighted by Gasteiger charge is -2.34. The Kier molecular flexibility index (Phi) is 4.94. The van der Waals surface area contributed by atoms with Crippen LogP contribution < -0.4 is 9.64 Å². The Balaban J connectivity index is 1.62. The number of carbonyl (C=O) groups is 2. The standard InChI is InChI=1S/C20H20N4O5/c1-28-19(25)16-3-2-14(23-6-8-24(9-7-23)20(26)27)11-17(16)29-15-10-13-4-5-21-18(13)22-12-15/h2-5,10-12H,6-9H2,1H3,(H,21,22)(H,26,27). The Labute approximate surface area is 166 Å². The average Bonchev–Trinajstić information content (AvgIpc) is 3.21. The Morgan fingerprint density at radius 3 is 2.66 bits per heavy atom. The molecule has 1 amide bonds. The van der Waals surface area contributed by atoms with Crippen molar-refractivity contribution >= 4 is 28.8 Å². The number of esters is 1. The van der Waals surface area contributed by atoms with Crippen molar-refractivity contribution in [3.05, 3.63) is 48.3 Å². The summed E-state index contributed by atoms with van der Waals surface area (Å²) in [5, 5.41) is 10.0. The van der Waals surface area contributed by atoms with Crippen molar-refractivity contribution in [3.63, 3.8) is 0 Å². The SMILES string of the molecule is COC(=O)c1ccc(N2CCN(C(=O)O)CC2)cc1Oc1cnc2[nH]ccc2c1. The number of methoxy groups -OCH3 is 1. The van der Waals surface area contributed by atoms with E-state index in [4.69, 9.17) is 14.6 Å². The predicted octanol–water partition coefficient (Wildman–Crippen LogP) is 2.94. The van der Waals surface area contributed by atoms with Crippen molar-refractivity contribution in [2.75, 3.05) is 38.2 Å². The zero-order valence-electron chi connectivity index (χ0n) is 15.8. The average molecular weight is 396 g/mol. The number of aromatic nitrogens is 2. The van der Waals surface area contributed by atoms with Gasteiger partial charge in [-0.05, 0) is 24.3 Å². The summed E-state index contributed by atoms with van der Waals surface area (Å²) in [5.41, 5.74) is 1.89. The van der Waals surface area contributed by atoms with Gasteiger partial charge in [-0.15, -0.1) is 0 Å². The maximum absolute atomic E-state index is 12.2. The number of nitrogens with one attached hydrogen (secondary N) is 1. The number of pyridine rings is 1. The predicted molar refractivity (Wildman–Crippen MR) is 106 cm³/mol. The molecular weight excluding hydrogens is 376 g/mol. The van der Waals surface area contributed by atoms with Crippen molar-refractivity contribution in [1.82, 2.24) is 14.9 Å². The number of carboxylic acid groups (broad SMARTS) is 1. The zero-order chi connectivity index (χ0) is 20.4. The van der Waals surface area contributed by atoms with Gasteiger partial charge in [0.15, 0.2) is 0 Å². The summed E-state index contributed by atoms with van der Waals surface area (Å²) < 4.78 is 10.9. The highest BCUT2D eigenvalue weighted by molar-refractivity contribution is 5.93. The lowest BCUT2D eigenvalue weighted by atomic mass is 10.1. The number of amides is 1. The highest BCUT2D eigenvalue weighted by Crippen LogP contribution is 2.32. The van der Waals surface area contributed by atoms with Crippen molar-refractivity contribution in [3.8, 4) is 11.5 Å². The van der Waals surface area contributed by atoms with Crippen LogP contribution in [0.5, 0.6) is 11.5 Å². The largest absolute Gasteiger partial charge is 0.465 e. The Bertz CT molecular complexity index is 1060. The number of hydrogen-bond donors (Lipinski definition) is 2. The maximum atomic E-state index is 12.2. The molecule has 29 heavy (non-hydrogen) atoms. The third-order valence-electron chi connectivity index (χ3n) is 4.89. The molecule has 9 heteroatoms. The monoisotopic (exact) mass is 396 g/mol. The van der Waals surface area contributed by atoms with Crippen LogP contribution in [0.4, 0.5) is 10.5 Å². The van der Waals surface area contributed by atoms with Crippen LogP contribution >= 0.6 is 0 Å². The van der Waals surface area contributed by atoms with Gasteiger partial charge in [-0.25, -0.2) is 14.6 Å². The second-order valence-corrected chi connectivity index (χ2v) is 6.62. The fourth-order valence-corrected chi connectivity index (χ4v) is 3.33. The van der Waals surface area contributed by atoms with Crippen molar-refractivity contribution in [2.45, 2.75) is 0 Å².